The van der Waals surface area contributed by atoms with Crippen molar-refractivity contribution in [2.24, 2.45) is 5.73 Å². The normalized spacial score (nSPS) is 13.0. The lowest BCUT2D eigenvalue weighted by Gasteiger charge is -2.14. The van der Waals surface area contributed by atoms with Gasteiger partial charge in [-0.2, -0.15) is 0 Å². The van der Waals surface area contributed by atoms with Gasteiger partial charge in [-0.1, -0.05) is 11.6 Å². The average Bonchev–Trinajstić information content (AvgIpc) is 2.10. The van der Waals surface area contributed by atoms with Gasteiger partial charge in [0.05, 0.1) is 12.6 Å². The van der Waals surface area contributed by atoms with Crippen molar-refractivity contribution in [3.63, 3.8) is 0 Å². The fraction of sp³-hybridized carbons (Fsp3) is 0.400. The predicted octanol–water partition coefficient (Wildman–Crippen LogP) is 1.95. The van der Waals surface area contributed by atoms with Crippen LogP contribution < -0.4 is 5.73 Å². The van der Waals surface area contributed by atoms with E-state index >= 15 is 0 Å². The van der Waals surface area contributed by atoms with Crippen LogP contribution in [0.15, 0.2) is 12.1 Å². The number of halogens is 1. The van der Waals surface area contributed by atoms with E-state index < -0.39 is 0 Å². The van der Waals surface area contributed by atoms with Gasteiger partial charge in [0.1, 0.15) is 0 Å². The first-order chi connectivity index (χ1) is 6.06. The van der Waals surface area contributed by atoms with Crippen molar-refractivity contribution in [2.45, 2.75) is 19.9 Å². The first-order valence-electron chi connectivity index (χ1n) is 4.19. The third-order valence-corrected chi connectivity index (χ3v) is 2.49. The number of aliphatic hydroxyl groups is 1. The number of rotatable bonds is 2. The monoisotopic (exact) mass is 199 g/mol. The van der Waals surface area contributed by atoms with E-state index in [0.29, 0.717) is 5.02 Å². The van der Waals surface area contributed by atoms with Crippen LogP contribution >= 0.6 is 11.6 Å². The molecule has 0 fully saturated rings. The molecule has 1 rings (SSSR count). The average molecular weight is 200 g/mol. The van der Waals surface area contributed by atoms with Gasteiger partial charge in [0.15, 0.2) is 0 Å². The van der Waals surface area contributed by atoms with E-state index in [1.54, 1.807) is 0 Å². The molecule has 0 radical (unpaired) electrons. The van der Waals surface area contributed by atoms with Gasteiger partial charge in [0.2, 0.25) is 0 Å². The summed E-state index contributed by atoms with van der Waals surface area (Å²) in [6.45, 7) is 3.91. The molecule has 3 heteroatoms. The molecule has 0 aliphatic carbocycles. The van der Waals surface area contributed by atoms with Crippen LogP contribution in [0.1, 0.15) is 22.7 Å². The van der Waals surface area contributed by atoms with Gasteiger partial charge in [-0.25, -0.2) is 0 Å². The molecule has 2 nitrogen and oxygen atoms in total. The largest absolute Gasteiger partial charge is 0.394 e. The van der Waals surface area contributed by atoms with Crippen LogP contribution in [0.2, 0.25) is 5.02 Å². The molecule has 3 N–H and O–H groups in total. The van der Waals surface area contributed by atoms with Crippen molar-refractivity contribution in [1.29, 1.82) is 0 Å². The number of hydrogen-bond donors (Lipinski definition) is 2. The smallest absolute Gasteiger partial charge is 0.0624 e. The summed E-state index contributed by atoms with van der Waals surface area (Å²) < 4.78 is 0. The Kier molecular flexibility index (Phi) is 3.31. The second-order valence-electron chi connectivity index (χ2n) is 3.23. The zero-order valence-electron chi connectivity index (χ0n) is 7.84. The zero-order valence-corrected chi connectivity index (χ0v) is 8.60. The van der Waals surface area contributed by atoms with Gasteiger partial charge >= 0.3 is 0 Å². The molecule has 0 aromatic heterocycles. The lowest BCUT2D eigenvalue weighted by Crippen LogP contribution is -2.16. The highest BCUT2D eigenvalue weighted by atomic mass is 35.5. The molecule has 0 spiro atoms. The molecule has 1 aromatic carbocycles. The molecule has 0 saturated heterocycles. The highest BCUT2D eigenvalue weighted by Gasteiger charge is 2.10. The van der Waals surface area contributed by atoms with Crippen molar-refractivity contribution in [3.8, 4) is 0 Å². The maximum atomic E-state index is 8.93. The Morgan fingerprint density at radius 2 is 2.08 bits per heavy atom. The van der Waals surface area contributed by atoms with Crippen molar-refractivity contribution in [1.82, 2.24) is 0 Å². The lowest BCUT2D eigenvalue weighted by atomic mass is 9.98. The predicted molar refractivity (Wildman–Crippen MR) is 54.9 cm³/mol. The zero-order chi connectivity index (χ0) is 10.0. The van der Waals surface area contributed by atoms with E-state index in [4.69, 9.17) is 22.4 Å². The maximum absolute atomic E-state index is 8.93. The number of nitrogens with two attached hydrogens (primary N) is 1. The molecule has 0 amide bonds. The van der Waals surface area contributed by atoms with E-state index in [9.17, 15) is 0 Å². The summed E-state index contributed by atoms with van der Waals surface area (Å²) in [4.78, 5) is 0. The molecular weight excluding hydrogens is 186 g/mol. The second kappa shape index (κ2) is 4.09. The molecule has 0 heterocycles. The van der Waals surface area contributed by atoms with Crippen LogP contribution in [0.25, 0.3) is 0 Å². The van der Waals surface area contributed by atoms with Crippen LogP contribution in [0.3, 0.4) is 0 Å². The Labute approximate surface area is 83.3 Å². The van der Waals surface area contributed by atoms with Gasteiger partial charge in [-0.05, 0) is 42.7 Å². The van der Waals surface area contributed by atoms with E-state index in [1.807, 2.05) is 26.0 Å². The summed E-state index contributed by atoms with van der Waals surface area (Å²) in [6.07, 6.45) is 0. The van der Waals surface area contributed by atoms with Crippen LogP contribution in [0, 0.1) is 13.8 Å². The van der Waals surface area contributed by atoms with Gasteiger partial charge < -0.3 is 10.8 Å². The quantitative estimate of drug-likeness (QED) is 0.765. The van der Waals surface area contributed by atoms with Crippen molar-refractivity contribution < 1.29 is 5.11 Å². The Morgan fingerprint density at radius 3 is 2.62 bits per heavy atom. The summed E-state index contributed by atoms with van der Waals surface area (Å²) in [7, 11) is 0. The fourth-order valence-corrected chi connectivity index (χ4v) is 1.61. The van der Waals surface area contributed by atoms with Crippen LogP contribution in [-0.4, -0.2) is 11.7 Å². The number of aliphatic hydroxyl groups excluding tert-OH is 1. The SMILES string of the molecule is Cc1cc(Cl)cc(C(N)CO)c1C. The van der Waals surface area contributed by atoms with Crippen LogP contribution in [-0.2, 0) is 0 Å². The minimum atomic E-state index is -0.336. The molecule has 13 heavy (non-hydrogen) atoms. The molecular formula is C10H14ClNO. The van der Waals surface area contributed by atoms with Crippen LogP contribution in [0.4, 0.5) is 0 Å². The van der Waals surface area contributed by atoms with Crippen LogP contribution in [0.5, 0.6) is 0 Å². The molecule has 0 bridgehead atoms. The first kappa shape index (κ1) is 10.5. The van der Waals surface area contributed by atoms with Gasteiger partial charge in [-0.15, -0.1) is 0 Å². The van der Waals surface area contributed by atoms with Gasteiger partial charge in [0, 0.05) is 5.02 Å². The Hall–Kier alpha value is -0.570. The topological polar surface area (TPSA) is 46.2 Å². The van der Waals surface area contributed by atoms with E-state index in [1.165, 1.54) is 0 Å². The molecule has 0 aliphatic heterocycles. The Morgan fingerprint density at radius 1 is 1.46 bits per heavy atom. The summed E-state index contributed by atoms with van der Waals surface area (Å²) in [5, 5.41) is 9.59. The standard InChI is InChI=1S/C10H14ClNO/c1-6-3-8(11)4-9(7(6)2)10(12)5-13/h3-4,10,13H,5,12H2,1-2H3. The maximum Gasteiger partial charge on any atom is 0.0624 e. The minimum Gasteiger partial charge on any atom is -0.394 e. The summed E-state index contributed by atoms with van der Waals surface area (Å²) >= 11 is 5.89. The lowest BCUT2D eigenvalue weighted by molar-refractivity contribution is 0.267. The number of benzene rings is 1. The summed E-state index contributed by atoms with van der Waals surface area (Å²) in [5.74, 6) is 0. The Bertz CT molecular complexity index is 312. The number of aryl methyl sites for hydroxylation is 1. The third kappa shape index (κ3) is 2.21. The van der Waals surface area contributed by atoms with Gasteiger partial charge in [-0.3, -0.25) is 0 Å². The number of hydrogen-bond acceptors (Lipinski definition) is 2. The summed E-state index contributed by atoms with van der Waals surface area (Å²) in [6, 6.07) is 3.37. The summed E-state index contributed by atoms with van der Waals surface area (Å²) in [5.41, 5.74) is 8.85. The van der Waals surface area contributed by atoms with Crippen molar-refractivity contribution in [3.05, 3.63) is 33.8 Å². The van der Waals surface area contributed by atoms with E-state index in [-0.39, 0.29) is 12.6 Å². The molecule has 1 aromatic rings. The second-order valence-corrected chi connectivity index (χ2v) is 3.66. The highest BCUT2D eigenvalue weighted by Crippen LogP contribution is 2.23. The van der Waals surface area contributed by atoms with Gasteiger partial charge in [0.25, 0.3) is 0 Å². The molecule has 1 atom stereocenters. The molecule has 0 aliphatic rings. The first-order valence-corrected chi connectivity index (χ1v) is 4.57. The van der Waals surface area contributed by atoms with E-state index in [0.717, 1.165) is 16.7 Å². The molecule has 72 valence electrons. The Balaban J connectivity index is 3.20. The van der Waals surface area contributed by atoms with E-state index in [2.05, 4.69) is 0 Å². The minimum absolute atomic E-state index is 0.0549. The van der Waals surface area contributed by atoms with Crippen molar-refractivity contribution >= 4 is 11.6 Å². The third-order valence-electron chi connectivity index (χ3n) is 2.27. The highest BCUT2D eigenvalue weighted by molar-refractivity contribution is 6.30. The molecule has 1 unspecified atom stereocenters. The van der Waals surface area contributed by atoms with Crippen molar-refractivity contribution in [2.75, 3.05) is 6.61 Å². The fourth-order valence-electron chi connectivity index (χ4n) is 1.32. The molecule has 0 saturated carbocycles.